The Morgan fingerprint density at radius 2 is 1.88 bits per heavy atom. The first-order valence-electron chi connectivity index (χ1n) is 8.60. The Kier molecular flexibility index (Phi) is 7.01. The van der Waals surface area contributed by atoms with Crippen molar-refractivity contribution in [1.82, 2.24) is 10.4 Å². The molecular weight excluding hydrogens is 320 g/mol. The molecule has 0 bridgehead atoms. The van der Waals surface area contributed by atoms with Gasteiger partial charge in [-0.2, -0.15) is 0 Å². The Balaban J connectivity index is 1.79. The number of likely N-dealkylation sites (tertiary alicyclic amines) is 1. The predicted octanol–water partition coefficient (Wildman–Crippen LogP) is 3.12. The minimum atomic E-state index is -0.383. The largest absolute Gasteiger partial charge is 0.445 e. The maximum absolute atomic E-state index is 12.1. The maximum atomic E-state index is 12.1. The summed E-state index contributed by atoms with van der Waals surface area (Å²) in [6.07, 6.45) is 3.34. The van der Waals surface area contributed by atoms with Gasteiger partial charge < -0.3 is 9.64 Å². The smallest absolute Gasteiger partial charge is 0.410 e. The Bertz CT molecular complexity index is 605. The zero-order valence-electron chi connectivity index (χ0n) is 14.8. The van der Waals surface area contributed by atoms with Crippen molar-refractivity contribution in [3.05, 3.63) is 47.5 Å². The van der Waals surface area contributed by atoms with Crippen molar-refractivity contribution in [3.8, 4) is 0 Å². The van der Waals surface area contributed by atoms with Crippen LogP contribution in [0.4, 0.5) is 4.79 Å². The van der Waals surface area contributed by atoms with Crippen LogP contribution in [-0.2, 0) is 16.1 Å². The highest BCUT2D eigenvalue weighted by Crippen LogP contribution is 2.22. The lowest BCUT2D eigenvalue weighted by molar-refractivity contribution is -0.133. The Morgan fingerprint density at radius 1 is 1.24 bits per heavy atom. The fourth-order valence-corrected chi connectivity index (χ4v) is 2.81. The van der Waals surface area contributed by atoms with Crippen LogP contribution < -0.4 is 5.48 Å². The number of nitrogens with zero attached hydrogens (tertiary/aromatic N) is 1. The summed E-state index contributed by atoms with van der Waals surface area (Å²) in [5.74, 6) is -0.656. The molecule has 1 aliphatic heterocycles. The Morgan fingerprint density at radius 3 is 2.48 bits per heavy atom. The van der Waals surface area contributed by atoms with Crippen LogP contribution in [-0.4, -0.2) is 35.2 Å². The first-order valence-corrected chi connectivity index (χ1v) is 8.60. The molecule has 2 rings (SSSR count). The highest BCUT2D eigenvalue weighted by molar-refractivity contribution is 5.77. The van der Waals surface area contributed by atoms with E-state index in [9.17, 15) is 9.59 Å². The molecule has 1 heterocycles. The van der Waals surface area contributed by atoms with Gasteiger partial charge in [-0.3, -0.25) is 10.0 Å². The molecule has 0 spiro atoms. The lowest BCUT2D eigenvalue weighted by Gasteiger charge is -2.28. The summed E-state index contributed by atoms with van der Waals surface area (Å²) in [6, 6.07) is 9.61. The minimum absolute atomic E-state index is 0.0266. The number of amides is 2. The van der Waals surface area contributed by atoms with Gasteiger partial charge in [0.05, 0.1) is 0 Å². The van der Waals surface area contributed by atoms with Gasteiger partial charge in [-0.1, -0.05) is 55.8 Å². The van der Waals surface area contributed by atoms with Crippen LogP contribution in [0, 0.1) is 11.8 Å². The molecule has 0 aromatic heterocycles. The fraction of sp³-hybridized carbons (Fsp3) is 0.474. The molecule has 2 atom stereocenters. The number of ether oxygens (including phenoxy) is 1. The van der Waals surface area contributed by atoms with E-state index in [0.717, 1.165) is 18.4 Å². The molecule has 1 fully saturated rings. The molecule has 6 nitrogen and oxygen atoms in total. The summed E-state index contributed by atoms with van der Waals surface area (Å²) in [7, 11) is 0. The van der Waals surface area contributed by atoms with Crippen LogP contribution in [0.2, 0.25) is 0 Å². The zero-order valence-corrected chi connectivity index (χ0v) is 14.8. The fourth-order valence-electron chi connectivity index (χ4n) is 2.81. The lowest BCUT2D eigenvalue weighted by atomic mass is 9.90. The second kappa shape index (κ2) is 9.22. The lowest BCUT2D eigenvalue weighted by Crippen LogP contribution is -2.37. The van der Waals surface area contributed by atoms with Crippen LogP contribution in [0.1, 0.15) is 32.3 Å². The number of allylic oxidation sites excluding steroid dienone is 1. The minimum Gasteiger partial charge on any atom is -0.445 e. The van der Waals surface area contributed by atoms with Crippen molar-refractivity contribution >= 4 is 12.0 Å². The summed E-state index contributed by atoms with van der Waals surface area (Å²) in [5, 5.41) is 8.71. The average molecular weight is 346 g/mol. The van der Waals surface area contributed by atoms with Crippen LogP contribution in [0.5, 0.6) is 0 Å². The van der Waals surface area contributed by atoms with Crippen LogP contribution in [0.25, 0.3) is 0 Å². The van der Waals surface area contributed by atoms with Gasteiger partial charge >= 0.3 is 6.09 Å². The van der Waals surface area contributed by atoms with E-state index in [4.69, 9.17) is 9.94 Å². The Labute approximate surface area is 148 Å². The molecule has 1 aromatic carbocycles. The molecule has 6 heteroatoms. The van der Waals surface area contributed by atoms with Gasteiger partial charge in [0.2, 0.25) is 5.91 Å². The molecule has 2 N–H and O–H groups in total. The SMILES string of the molecule is C[C@H](C=C1CCN(C(=O)OCc2ccccc2)CC1)[C@H](C)C(=O)NO. The summed E-state index contributed by atoms with van der Waals surface area (Å²) in [4.78, 5) is 25.3. The van der Waals surface area contributed by atoms with Gasteiger partial charge in [0.1, 0.15) is 6.61 Å². The number of benzene rings is 1. The number of piperidine rings is 1. The molecule has 25 heavy (non-hydrogen) atoms. The van der Waals surface area contributed by atoms with Gasteiger partial charge in [-0.25, -0.2) is 10.3 Å². The molecule has 1 aromatic rings. The van der Waals surface area contributed by atoms with E-state index in [1.165, 1.54) is 5.57 Å². The van der Waals surface area contributed by atoms with E-state index in [0.29, 0.717) is 13.1 Å². The quantitative estimate of drug-likeness (QED) is 0.488. The van der Waals surface area contributed by atoms with E-state index < -0.39 is 0 Å². The standard InChI is InChI=1S/C19H26N2O4/c1-14(15(2)18(22)20-24)12-16-8-10-21(11-9-16)19(23)25-13-17-6-4-3-5-7-17/h3-7,12,14-15,24H,8-11,13H2,1-2H3,(H,20,22)/t14-,15+/m1/s1. The van der Waals surface area contributed by atoms with E-state index in [-0.39, 0.29) is 30.4 Å². The highest BCUT2D eigenvalue weighted by Gasteiger charge is 2.23. The van der Waals surface area contributed by atoms with Crippen molar-refractivity contribution in [2.75, 3.05) is 13.1 Å². The summed E-state index contributed by atoms with van der Waals surface area (Å²) in [6.45, 7) is 5.25. The van der Waals surface area contributed by atoms with Crippen LogP contribution >= 0.6 is 0 Å². The van der Waals surface area contributed by atoms with Gasteiger partial charge in [-0.05, 0) is 24.3 Å². The van der Waals surface area contributed by atoms with Gasteiger partial charge in [-0.15, -0.1) is 0 Å². The molecule has 136 valence electrons. The van der Waals surface area contributed by atoms with Crippen LogP contribution in [0.3, 0.4) is 0 Å². The molecule has 1 aliphatic rings. The van der Waals surface area contributed by atoms with E-state index in [1.54, 1.807) is 17.3 Å². The molecule has 0 saturated carbocycles. The second-order valence-corrected chi connectivity index (χ2v) is 6.48. The first kappa shape index (κ1) is 19.0. The van der Waals surface area contributed by atoms with Gasteiger partial charge in [0.25, 0.3) is 0 Å². The summed E-state index contributed by atoms with van der Waals surface area (Å²) >= 11 is 0. The molecule has 0 radical (unpaired) electrons. The topological polar surface area (TPSA) is 78.9 Å². The average Bonchev–Trinajstić information content (AvgIpc) is 2.66. The number of hydrogen-bond donors (Lipinski definition) is 2. The third kappa shape index (κ3) is 5.60. The van der Waals surface area contributed by atoms with Crippen molar-refractivity contribution < 1.29 is 19.5 Å². The zero-order chi connectivity index (χ0) is 18.2. The molecule has 1 saturated heterocycles. The van der Waals surface area contributed by atoms with E-state index in [2.05, 4.69) is 6.08 Å². The number of carbonyl (C=O) groups is 2. The van der Waals surface area contributed by atoms with Crippen molar-refractivity contribution in [2.24, 2.45) is 11.8 Å². The van der Waals surface area contributed by atoms with Crippen molar-refractivity contribution in [2.45, 2.75) is 33.3 Å². The molecular formula is C19H26N2O4. The molecule has 2 amide bonds. The maximum Gasteiger partial charge on any atom is 0.410 e. The third-order valence-electron chi connectivity index (χ3n) is 4.68. The second-order valence-electron chi connectivity index (χ2n) is 6.48. The van der Waals surface area contributed by atoms with E-state index >= 15 is 0 Å². The highest BCUT2D eigenvalue weighted by atomic mass is 16.6. The van der Waals surface area contributed by atoms with Gasteiger partial charge in [0, 0.05) is 19.0 Å². The van der Waals surface area contributed by atoms with Crippen LogP contribution in [0.15, 0.2) is 42.0 Å². The number of nitrogens with one attached hydrogen (secondary N) is 1. The van der Waals surface area contributed by atoms with Crippen molar-refractivity contribution in [1.29, 1.82) is 0 Å². The molecule has 0 unspecified atom stereocenters. The van der Waals surface area contributed by atoms with E-state index in [1.807, 2.05) is 37.3 Å². The predicted molar refractivity (Wildman–Crippen MR) is 93.8 cm³/mol. The third-order valence-corrected chi connectivity index (χ3v) is 4.68. The Hall–Kier alpha value is -2.34. The summed E-state index contributed by atoms with van der Waals surface area (Å²) < 4.78 is 5.35. The normalized spacial score (nSPS) is 16.8. The van der Waals surface area contributed by atoms with Crippen molar-refractivity contribution in [3.63, 3.8) is 0 Å². The number of hydroxylamine groups is 1. The monoisotopic (exact) mass is 346 g/mol. The number of carbonyl (C=O) groups excluding carboxylic acids is 2. The number of hydrogen-bond acceptors (Lipinski definition) is 4. The first-order chi connectivity index (χ1) is 12.0. The summed E-state index contributed by atoms with van der Waals surface area (Å²) in [5.41, 5.74) is 3.90. The molecule has 0 aliphatic carbocycles. The van der Waals surface area contributed by atoms with Gasteiger partial charge in [0.15, 0.2) is 0 Å². The number of rotatable bonds is 5.